The van der Waals surface area contributed by atoms with Gasteiger partial charge in [-0.2, -0.15) is 0 Å². The van der Waals surface area contributed by atoms with E-state index < -0.39 is 10.8 Å². The van der Waals surface area contributed by atoms with Crippen molar-refractivity contribution in [1.29, 1.82) is 0 Å². The Bertz CT molecular complexity index is 449. The third-order valence-corrected chi connectivity index (χ3v) is 5.09. The maximum atomic E-state index is 12.0. The van der Waals surface area contributed by atoms with E-state index in [0.29, 0.717) is 13.2 Å². The highest BCUT2D eigenvalue weighted by Crippen LogP contribution is 2.18. The maximum absolute atomic E-state index is 12.0. The first kappa shape index (κ1) is 14.2. The van der Waals surface area contributed by atoms with Gasteiger partial charge in [0.15, 0.2) is 0 Å². The molecule has 0 saturated carbocycles. The van der Waals surface area contributed by atoms with Gasteiger partial charge in [-0.25, -0.2) is 0 Å². The molecule has 0 aliphatic carbocycles. The molecular weight excluding hydrogens is 262 g/mol. The minimum Gasteiger partial charge on any atom is -0.377 e. The van der Waals surface area contributed by atoms with Gasteiger partial charge in [-0.3, -0.25) is 9.00 Å². The molecule has 1 fully saturated rings. The van der Waals surface area contributed by atoms with Gasteiger partial charge in [0.2, 0.25) is 5.91 Å². The van der Waals surface area contributed by atoms with Gasteiger partial charge in [-0.15, -0.1) is 0 Å². The first-order valence-electron chi connectivity index (χ1n) is 6.46. The molecular formula is C14H19NO3S. The average molecular weight is 281 g/mol. The van der Waals surface area contributed by atoms with Crippen LogP contribution in [0.3, 0.4) is 0 Å². The highest BCUT2D eigenvalue weighted by Gasteiger charge is 2.30. The van der Waals surface area contributed by atoms with Gasteiger partial charge in [0, 0.05) is 24.0 Å². The van der Waals surface area contributed by atoms with Crippen molar-refractivity contribution in [2.75, 3.05) is 12.4 Å². The second-order valence-corrected chi connectivity index (χ2v) is 6.35. The average Bonchev–Trinajstić information content (AvgIpc) is 2.84. The van der Waals surface area contributed by atoms with Gasteiger partial charge in [0.05, 0.1) is 11.4 Å². The van der Waals surface area contributed by atoms with E-state index in [1.165, 1.54) is 0 Å². The molecule has 1 amide bonds. The Morgan fingerprint density at radius 1 is 1.42 bits per heavy atom. The molecule has 19 heavy (non-hydrogen) atoms. The van der Waals surface area contributed by atoms with Crippen LogP contribution in [0.2, 0.25) is 0 Å². The number of hydrogen-bond acceptors (Lipinski definition) is 3. The molecule has 3 atom stereocenters. The van der Waals surface area contributed by atoms with E-state index in [9.17, 15) is 9.00 Å². The van der Waals surface area contributed by atoms with Crippen molar-refractivity contribution in [3.8, 4) is 0 Å². The fraction of sp³-hybridized carbons (Fsp3) is 0.500. The Hall–Kier alpha value is -1.20. The van der Waals surface area contributed by atoms with Crippen LogP contribution in [0.1, 0.15) is 18.9 Å². The molecule has 1 N–H and O–H groups in total. The van der Waals surface area contributed by atoms with Crippen molar-refractivity contribution >= 4 is 16.7 Å². The Morgan fingerprint density at radius 3 is 2.79 bits per heavy atom. The largest absolute Gasteiger partial charge is 0.377 e. The summed E-state index contributed by atoms with van der Waals surface area (Å²) < 4.78 is 17.4. The van der Waals surface area contributed by atoms with E-state index in [-0.39, 0.29) is 23.0 Å². The molecule has 5 heteroatoms. The van der Waals surface area contributed by atoms with E-state index in [1.807, 2.05) is 37.3 Å². The third-order valence-electron chi connectivity index (χ3n) is 3.25. The molecule has 1 heterocycles. The fourth-order valence-electron chi connectivity index (χ4n) is 2.14. The number of benzene rings is 1. The number of ether oxygens (including phenoxy) is 1. The van der Waals surface area contributed by atoms with Crippen LogP contribution in [0.15, 0.2) is 30.3 Å². The summed E-state index contributed by atoms with van der Waals surface area (Å²) in [5, 5.41) is 2.78. The topological polar surface area (TPSA) is 55.4 Å². The first-order valence-corrected chi connectivity index (χ1v) is 7.84. The fourth-order valence-corrected chi connectivity index (χ4v) is 3.58. The molecule has 1 aromatic rings. The van der Waals surface area contributed by atoms with Crippen molar-refractivity contribution in [2.24, 2.45) is 0 Å². The van der Waals surface area contributed by atoms with Crippen LogP contribution in [0.4, 0.5) is 0 Å². The van der Waals surface area contributed by atoms with E-state index >= 15 is 0 Å². The summed E-state index contributed by atoms with van der Waals surface area (Å²) in [6, 6.07) is 9.69. The molecule has 0 radical (unpaired) electrons. The second kappa shape index (κ2) is 6.82. The zero-order valence-corrected chi connectivity index (χ0v) is 11.8. The van der Waals surface area contributed by atoms with E-state index in [4.69, 9.17) is 4.74 Å². The monoisotopic (exact) mass is 281 g/mol. The van der Waals surface area contributed by atoms with Crippen molar-refractivity contribution in [3.63, 3.8) is 0 Å². The SMILES string of the molecule is C[C@@H]1OCC[C@H]1[S@@](=O)CC(=O)NCc1ccccc1. The predicted molar refractivity (Wildman–Crippen MR) is 75.1 cm³/mol. The van der Waals surface area contributed by atoms with Gasteiger partial charge < -0.3 is 10.1 Å². The molecule has 0 bridgehead atoms. The standard InChI is InChI=1S/C14H19NO3S/c1-11-13(7-8-18-11)19(17)10-14(16)15-9-12-5-3-2-4-6-12/h2-6,11,13H,7-10H2,1H3,(H,15,16)/t11-,13+,19-/m0/s1. The summed E-state index contributed by atoms with van der Waals surface area (Å²) in [7, 11) is -1.15. The maximum Gasteiger partial charge on any atom is 0.232 e. The zero-order chi connectivity index (χ0) is 13.7. The van der Waals surface area contributed by atoms with E-state index in [1.54, 1.807) is 0 Å². The third kappa shape index (κ3) is 4.14. The molecule has 104 valence electrons. The molecule has 0 aromatic heterocycles. The second-order valence-electron chi connectivity index (χ2n) is 4.69. The minimum atomic E-state index is -1.15. The van der Waals surface area contributed by atoms with Crippen LogP contribution in [-0.4, -0.2) is 33.8 Å². The van der Waals surface area contributed by atoms with Crippen molar-refractivity contribution < 1.29 is 13.7 Å². The number of rotatable bonds is 5. The van der Waals surface area contributed by atoms with Crippen molar-refractivity contribution in [1.82, 2.24) is 5.32 Å². The predicted octanol–water partition coefficient (Wildman–Crippen LogP) is 1.23. The summed E-state index contributed by atoms with van der Waals surface area (Å²) in [6.45, 7) is 3.04. The van der Waals surface area contributed by atoms with E-state index in [2.05, 4.69) is 5.32 Å². The van der Waals surface area contributed by atoms with Crippen LogP contribution >= 0.6 is 0 Å². The smallest absolute Gasteiger partial charge is 0.232 e. The lowest BCUT2D eigenvalue weighted by Gasteiger charge is -2.13. The normalized spacial score (nSPS) is 24.1. The Morgan fingerprint density at radius 2 is 2.16 bits per heavy atom. The number of nitrogens with one attached hydrogen (secondary N) is 1. The molecule has 2 rings (SSSR count). The highest BCUT2D eigenvalue weighted by atomic mass is 32.2. The van der Waals surface area contributed by atoms with Crippen molar-refractivity contribution in [3.05, 3.63) is 35.9 Å². The van der Waals surface area contributed by atoms with Gasteiger partial charge in [-0.05, 0) is 18.9 Å². The Kier molecular flexibility index (Phi) is 5.10. The summed E-state index contributed by atoms with van der Waals surface area (Å²) in [5.74, 6) is -0.105. The quantitative estimate of drug-likeness (QED) is 0.883. The number of carbonyl (C=O) groups is 1. The summed E-state index contributed by atoms with van der Waals surface area (Å²) in [4.78, 5) is 11.7. The highest BCUT2D eigenvalue weighted by molar-refractivity contribution is 7.86. The first-order chi connectivity index (χ1) is 9.16. The minimum absolute atomic E-state index is 0.0113. The van der Waals surface area contributed by atoms with Crippen molar-refractivity contribution in [2.45, 2.75) is 31.2 Å². The number of carbonyl (C=O) groups excluding carboxylic acids is 1. The number of amides is 1. The van der Waals surface area contributed by atoms with Crippen LogP contribution in [-0.2, 0) is 26.9 Å². The van der Waals surface area contributed by atoms with Crippen LogP contribution in [0.5, 0.6) is 0 Å². The lowest BCUT2D eigenvalue weighted by atomic mass is 10.2. The van der Waals surface area contributed by atoms with Crippen LogP contribution in [0.25, 0.3) is 0 Å². The van der Waals surface area contributed by atoms with Gasteiger partial charge in [0.1, 0.15) is 5.75 Å². The lowest BCUT2D eigenvalue weighted by molar-refractivity contribution is -0.118. The molecule has 1 saturated heterocycles. The van der Waals surface area contributed by atoms with Crippen LogP contribution < -0.4 is 5.32 Å². The van der Waals surface area contributed by atoms with Crippen LogP contribution in [0, 0.1) is 0 Å². The molecule has 1 aromatic carbocycles. The number of hydrogen-bond donors (Lipinski definition) is 1. The summed E-state index contributed by atoms with van der Waals surface area (Å²) in [6.07, 6.45) is 0.766. The van der Waals surface area contributed by atoms with Gasteiger partial charge >= 0.3 is 0 Å². The zero-order valence-electron chi connectivity index (χ0n) is 11.0. The Labute approximate surface area is 116 Å². The summed E-state index contributed by atoms with van der Waals surface area (Å²) in [5.41, 5.74) is 1.04. The molecule has 0 spiro atoms. The molecule has 1 aliphatic heterocycles. The molecule has 4 nitrogen and oxygen atoms in total. The lowest BCUT2D eigenvalue weighted by Crippen LogP contribution is -2.33. The van der Waals surface area contributed by atoms with Gasteiger partial charge in [-0.1, -0.05) is 30.3 Å². The van der Waals surface area contributed by atoms with E-state index in [0.717, 1.165) is 12.0 Å². The van der Waals surface area contributed by atoms with Gasteiger partial charge in [0.25, 0.3) is 0 Å². The molecule has 1 aliphatic rings. The Balaban J connectivity index is 1.76. The molecule has 0 unspecified atom stereocenters. The summed E-state index contributed by atoms with van der Waals surface area (Å²) >= 11 is 0.